The summed E-state index contributed by atoms with van der Waals surface area (Å²) in [6, 6.07) is 0. The summed E-state index contributed by atoms with van der Waals surface area (Å²) in [7, 11) is 0. The number of amides is 2. The summed E-state index contributed by atoms with van der Waals surface area (Å²) < 4.78 is 0. The Kier molecular flexibility index (Phi) is 4.49. The van der Waals surface area contributed by atoms with Crippen LogP contribution in [0.3, 0.4) is 0 Å². The van der Waals surface area contributed by atoms with E-state index >= 15 is 0 Å². The molecule has 3 aliphatic rings. The summed E-state index contributed by atoms with van der Waals surface area (Å²) in [5.41, 5.74) is -0.222. The molecule has 1 aromatic rings. The van der Waals surface area contributed by atoms with E-state index in [9.17, 15) is 9.59 Å². The number of piperidine rings is 1. The van der Waals surface area contributed by atoms with Crippen molar-refractivity contribution in [2.24, 2.45) is 11.8 Å². The van der Waals surface area contributed by atoms with Gasteiger partial charge in [-0.05, 0) is 32.1 Å². The summed E-state index contributed by atoms with van der Waals surface area (Å²) in [4.78, 5) is 33.4. The smallest absolute Gasteiger partial charge is 0.222 e. The third kappa shape index (κ3) is 3.01. The second-order valence-corrected chi connectivity index (χ2v) is 8.44. The molecule has 1 aromatic heterocycles. The van der Waals surface area contributed by atoms with E-state index in [1.165, 1.54) is 25.7 Å². The first-order valence-corrected chi connectivity index (χ1v) is 9.91. The number of hydrogen-bond acceptors (Lipinski definition) is 4. The van der Waals surface area contributed by atoms with Gasteiger partial charge < -0.3 is 9.80 Å². The van der Waals surface area contributed by atoms with Gasteiger partial charge in [0.15, 0.2) is 5.82 Å². The Labute approximate surface area is 154 Å². The molecule has 0 radical (unpaired) electrons. The summed E-state index contributed by atoms with van der Waals surface area (Å²) in [5.74, 6) is 2.78. The molecule has 1 N–H and O–H groups in total. The molecule has 2 aliphatic heterocycles. The van der Waals surface area contributed by atoms with Crippen molar-refractivity contribution in [3.05, 3.63) is 11.6 Å². The number of carbonyl (C=O) groups is 2. The lowest BCUT2D eigenvalue weighted by Gasteiger charge is -2.41. The molecule has 0 unspecified atom stereocenters. The zero-order valence-electron chi connectivity index (χ0n) is 15.8. The molecule has 7 nitrogen and oxygen atoms in total. The van der Waals surface area contributed by atoms with Crippen LogP contribution < -0.4 is 0 Å². The van der Waals surface area contributed by atoms with Crippen LogP contribution in [-0.2, 0) is 15.0 Å². The van der Waals surface area contributed by atoms with E-state index in [0.29, 0.717) is 32.0 Å². The Bertz CT molecular complexity index is 696. The van der Waals surface area contributed by atoms with Gasteiger partial charge in [-0.25, -0.2) is 4.98 Å². The van der Waals surface area contributed by atoms with Gasteiger partial charge in [0, 0.05) is 45.4 Å². The van der Waals surface area contributed by atoms with Crippen molar-refractivity contribution in [2.75, 3.05) is 26.2 Å². The first-order valence-electron chi connectivity index (χ1n) is 9.91. The molecule has 1 aliphatic carbocycles. The maximum atomic E-state index is 12.8. The molecule has 0 bridgehead atoms. The van der Waals surface area contributed by atoms with Crippen LogP contribution in [0.15, 0.2) is 0 Å². The van der Waals surface area contributed by atoms with Crippen LogP contribution >= 0.6 is 0 Å². The number of fused-ring (bicyclic) bond motifs is 1. The Morgan fingerprint density at radius 2 is 1.96 bits per heavy atom. The van der Waals surface area contributed by atoms with Crippen molar-refractivity contribution < 1.29 is 9.59 Å². The van der Waals surface area contributed by atoms with Crippen LogP contribution in [0.1, 0.15) is 57.1 Å². The van der Waals surface area contributed by atoms with Gasteiger partial charge in [-0.15, -0.1) is 0 Å². The van der Waals surface area contributed by atoms with Crippen LogP contribution in [0.4, 0.5) is 0 Å². The molecular formula is C19H29N5O2. The van der Waals surface area contributed by atoms with Gasteiger partial charge >= 0.3 is 0 Å². The van der Waals surface area contributed by atoms with Gasteiger partial charge in [0.2, 0.25) is 11.8 Å². The number of nitrogens with one attached hydrogen (secondary N) is 1. The first-order chi connectivity index (χ1) is 12.5. The molecule has 7 heteroatoms. The van der Waals surface area contributed by atoms with E-state index in [1.54, 1.807) is 6.92 Å². The molecular weight excluding hydrogens is 330 g/mol. The highest BCUT2D eigenvalue weighted by Crippen LogP contribution is 2.44. The van der Waals surface area contributed by atoms with Crippen LogP contribution in [-0.4, -0.2) is 63.0 Å². The van der Waals surface area contributed by atoms with Crippen molar-refractivity contribution in [1.82, 2.24) is 25.0 Å². The first kappa shape index (κ1) is 17.5. The maximum Gasteiger partial charge on any atom is 0.222 e. The summed E-state index contributed by atoms with van der Waals surface area (Å²) in [5, 5.41) is 7.40. The Hall–Kier alpha value is -1.92. The summed E-state index contributed by atoms with van der Waals surface area (Å²) in [6.07, 6.45) is 6.44. The number of likely N-dealkylation sites (tertiary alicyclic amines) is 2. The number of rotatable bonds is 3. The lowest BCUT2D eigenvalue weighted by atomic mass is 9.71. The maximum absolute atomic E-state index is 12.8. The fraction of sp³-hybridized carbons (Fsp3) is 0.789. The van der Waals surface area contributed by atoms with Gasteiger partial charge in [0.1, 0.15) is 5.82 Å². The average Bonchev–Trinajstić information content (AvgIpc) is 3.33. The fourth-order valence-electron chi connectivity index (χ4n) is 5.17. The van der Waals surface area contributed by atoms with E-state index in [-0.39, 0.29) is 23.1 Å². The molecule has 26 heavy (non-hydrogen) atoms. The van der Waals surface area contributed by atoms with Crippen molar-refractivity contribution in [3.8, 4) is 0 Å². The molecule has 0 spiro atoms. The number of nitrogens with zero attached hydrogens (tertiary/aromatic N) is 4. The topological polar surface area (TPSA) is 82.2 Å². The Morgan fingerprint density at radius 3 is 2.62 bits per heavy atom. The summed E-state index contributed by atoms with van der Waals surface area (Å²) >= 11 is 0. The zero-order valence-corrected chi connectivity index (χ0v) is 15.8. The molecule has 2 atom stereocenters. The van der Waals surface area contributed by atoms with Gasteiger partial charge in [-0.3, -0.25) is 14.7 Å². The number of aromatic amines is 1. The van der Waals surface area contributed by atoms with E-state index < -0.39 is 0 Å². The number of aromatic nitrogens is 3. The molecule has 142 valence electrons. The monoisotopic (exact) mass is 359 g/mol. The van der Waals surface area contributed by atoms with Crippen LogP contribution in [0.2, 0.25) is 0 Å². The quantitative estimate of drug-likeness (QED) is 0.889. The molecule has 4 rings (SSSR count). The number of aryl methyl sites for hydroxylation is 1. The highest BCUT2D eigenvalue weighted by Gasteiger charge is 2.54. The molecule has 2 amide bonds. The van der Waals surface area contributed by atoms with Gasteiger partial charge in [-0.2, -0.15) is 5.10 Å². The normalized spacial score (nSPS) is 29.2. The predicted molar refractivity (Wildman–Crippen MR) is 96.3 cm³/mol. The minimum atomic E-state index is -0.222. The molecule has 3 heterocycles. The van der Waals surface area contributed by atoms with Gasteiger partial charge in [-0.1, -0.05) is 12.8 Å². The highest BCUT2D eigenvalue weighted by molar-refractivity contribution is 5.77. The molecule has 3 fully saturated rings. The van der Waals surface area contributed by atoms with Crippen LogP contribution in [0, 0.1) is 18.8 Å². The second kappa shape index (κ2) is 6.67. The highest BCUT2D eigenvalue weighted by atomic mass is 16.2. The zero-order chi connectivity index (χ0) is 18.3. The lowest BCUT2D eigenvalue weighted by molar-refractivity contribution is -0.134. The third-order valence-corrected chi connectivity index (χ3v) is 6.74. The van der Waals surface area contributed by atoms with Crippen molar-refractivity contribution >= 4 is 11.8 Å². The molecule has 1 saturated carbocycles. The number of hydrogen-bond donors (Lipinski definition) is 1. The lowest BCUT2D eigenvalue weighted by Crippen LogP contribution is -2.52. The Morgan fingerprint density at radius 1 is 1.23 bits per heavy atom. The van der Waals surface area contributed by atoms with Crippen molar-refractivity contribution in [1.29, 1.82) is 0 Å². The van der Waals surface area contributed by atoms with Crippen LogP contribution in [0.25, 0.3) is 0 Å². The largest absolute Gasteiger partial charge is 0.342 e. The van der Waals surface area contributed by atoms with E-state index in [1.807, 2.05) is 16.7 Å². The van der Waals surface area contributed by atoms with Crippen LogP contribution in [0.5, 0.6) is 0 Å². The van der Waals surface area contributed by atoms with E-state index in [2.05, 4.69) is 15.2 Å². The predicted octanol–water partition coefficient (Wildman–Crippen LogP) is 1.64. The van der Waals surface area contributed by atoms with Crippen molar-refractivity contribution in [3.63, 3.8) is 0 Å². The van der Waals surface area contributed by atoms with E-state index in [0.717, 1.165) is 24.6 Å². The van der Waals surface area contributed by atoms with Gasteiger partial charge in [0.25, 0.3) is 0 Å². The second-order valence-electron chi connectivity index (χ2n) is 8.44. The van der Waals surface area contributed by atoms with E-state index in [4.69, 9.17) is 0 Å². The standard InChI is InChI=1S/C19H29N5O2/c1-13-20-18(22-21-13)19-7-8-23(17(26)9-15-5-3-4-6-15)10-16(19)11-24(12-19)14(2)25/h15-16H,3-12H2,1-2H3,(H,20,21,22)/t16-,19-/m1/s1. The van der Waals surface area contributed by atoms with Gasteiger partial charge in [0.05, 0.1) is 5.41 Å². The fourth-order valence-corrected chi connectivity index (χ4v) is 5.17. The molecule has 0 aromatic carbocycles. The minimum Gasteiger partial charge on any atom is -0.342 e. The average molecular weight is 359 g/mol. The SMILES string of the molecule is CC(=O)N1C[C@H]2CN(C(=O)CC3CCCC3)CC[C@@]2(c2n[nH]c(C)n2)C1. The third-order valence-electron chi connectivity index (χ3n) is 6.74. The number of carbonyl (C=O) groups excluding carboxylic acids is 2. The molecule has 2 saturated heterocycles. The van der Waals surface area contributed by atoms with Crippen molar-refractivity contribution in [2.45, 2.75) is 57.8 Å². The minimum absolute atomic E-state index is 0.0925. The Balaban J connectivity index is 1.52. The number of H-pyrrole nitrogens is 1. The summed E-state index contributed by atoms with van der Waals surface area (Å²) in [6.45, 7) is 6.33.